The molecule has 0 saturated heterocycles. The summed E-state index contributed by atoms with van der Waals surface area (Å²) in [6.07, 6.45) is 0.735. The fourth-order valence-corrected chi connectivity index (χ4v) is 1.63. The Morgan fingerprint density at radius 1 is 1.43 bits per heavy atom. The summed E-state index contributed by atoms with van der Waals surface area (Å²) in [5, 5.41) is 3.00. The molecule has 1 aromatic carbocycles. The lowest BCUT2D eigenvalue weighted by Crippen LogP contribution is -2.32. The van der Waals surface area contributed by atoms with Gasteiger partial charge in [0.25, 0.3) is 0 Å². The zero-order chi connectivity index (χ0) is 15.9. The number of hydrogen-bond acceptors (Lipinski definition) is 3. The van der Waals surface area contributed by atoms with Crippen LogP contribution in [0.25, 0.3) is 0 Å². The normalized spacial score (nSPS) is 10.3. The second-order valence-corrected chi connectivity index (χ2v) is 5.74. The van der Waals surface area contributed by atoms with Gasteiger partial charge in [0.2, 0.25) is 0 Å². The summed E-state index contributed by atoms with van der Waals surface area (Å²) in [4.78, 5) is 22.0. The van der Waals surface area contributed by atoms with Crippen molar-refractivity contribution in [2.24, 2.45) is 0 Å². The fraction of sp³-hybridized carbons (Fsp3) is 0.375. The molecule has 21 heavy (non-hydrogen) atoms. The molecule has 0 unspecified atom stereocenters. The number of amides is 1. The standard InChI is InChI=1S/C16H18ClNO3/c1-16(2,3)21-15(20)18-9-5-4-6-12-7-8-13(11-19)14(17)10-12/h7-8,10-11H,5,9H2,1-3H3,(H,18,20). The summed E-state index contributed by atoms with van der Waals surface area (Å²) in [6, 6.07) is 4.99. The number of aldehydes is 1. The molecule has 1 aromatic rings. The highest BCUT2D eigenvalue weighted by molar-refractivity contribution is 6.33. The van der Waals surface area contributed by atoms with Gasteiger partial charge < -0.3 is 10.1 Å². The minimum atomic E-state index is -0.507. The van der Waals surface area contributed by atoms with Gasteiger partial charge in [-0.15, -0.1) is 0 Å². The van der Waals surface area contributed by atoms with E-state index in [0.29, 0.717) is 29.8 Å². The fourth-order valence-electron chi connectivity index (χ4n) is 1.41. The van der Waals surface area contributed by atoms with Crippen molar-refractivity contribution >= 4 is 24.0 Å². The van der Waals surface area contributed by atoms with E-state index in [2.05, 4.69) is 17.2 Å². The predicted octanol–water partition coefficient (Wildman–Crippen LogP) is 3.42. The van der Waals surface area contributed by atoms with E-state index in [9.17, 15) is 9.59 Å². The molecule has 0 fully saturated rings. The van der Waals surface area contributed by atoms with Crippen LogP contribution in [0.5, 0.6) is 0 Å². The lowest BCUT2D eigenvalue weighted by Gasteiger charge is -2.19. The average Bonchev–Trinajstić information content (AvgIpc) is 2.36. The summed E-state index contributed by atoms with van der Waals surface area (Å²) in [5.41, 5.74) is 0.656. The summed E-state index contributed by atoms with van der Waals surface area (Å²) >= 11 is 5.90. The number of carbonyl (C=O) groups is 2. The van der Waals surface area contributed by atoms with E-state index < -0.39 is 11.7 Å². The minimum absolute atomic E-state index is 0.378. The van der Waals surface area contributed by atoms with E-state index in [0.717, 1.165) is 5.56 Å². The maximum absolute atomic E-state index is 11.4. The Kier molecular flexibility index (Phi) is 6.26. The van der Waals surface area contributed by atoms with E-state index in [-0.39, 0.29) is 0 Å². The third-order valence-corrected chi connectivity index (χ3v) is 2.61. The van der Waals surface area contributed by atoms with Crippen LogP contribution >= 0.6 is 11.6 Å². The van der Waals surface area contributed by atoms with Crippen LogP contribution in [-0.4, -0.2) is 24.5 Å². The van der Waals surface area contributed by atoms with Crippen molar-refractivity contribution < 1.29 is 14.3 Å². The molecule has 0 heterocycles. The number of nitrogens with one attached hydrogen (secondary N) is 1. The molecular weight excluding hydrogens is 290 g/mol. The van der Waals surface area contributed by atoms with Gasteiger partial charge in [-0.3, -0.25) is 4.79 Å². The smallest absolute Gasteiger partial charge is 0.407 e. The Hall–Kier alpha value is -1.99. The summed E-state index contributed by atoms with van der Waals surface area (Å²) in [5.74, 6) is 5.83. The second kappa shape index (κ2) is 7.70. The van der Waals surface area contributed by atoms with Crippen molar-refractivity contribution in [3.05, 3.63) is 34.3 Å². The number of benzene rings is 1. The van der Waals surface area contributed by atoms with Crippen LogP contribution in [0.2, 0.25) is 5.02 Å². The average molecular weight is 308 g/mol. The largest absolute Gasteiger partial charge is 0.444 e. The Morgan fingerprint density at radius 3 is 2.71 bits per heavy atom. The molecule has 0 aliphatic rings. The highest BCUT2D eigenvalue weighted by Crippen LogP contribution is 2.15. The molecule has 1 amide bonds. The van der Waals surface area contributed by atoms with Gasteiger partial charge in [0.1, 0.15) is 5.60 Å². The van der Waals surface area contributed by atoms with E-state index in [1.54, 1.807) is 39.0 Å². The first-order valence-electron chi connectivity index (χ1n) is 6.52. The van der Waals surface area contributed by atoms with Crippen LogP contribution in [0.15, 0.2) is 18.2 Å². The molecule has 0 aliphatic heterocycles. The summed E-state index contributed by atoms with van der Waals surface area (Å²) < 4.78 is 5.10. The highest BCUT2D eigenvalue weighted by Gasteiger charge is 2.15. The topological polar surface area (TPSA) is 55.4 Å². The first-order valence-corrected chi connectivity index (χ1v) is 6.90. The van der Waals surface area contributed by atoms with Crippen molar-refractivity contribution in [1.29, 1.82) is 0 Å². The van der Waals surface area contributed by atoms with Crippen LogP contribution in [0.1, 0.15) is 43.1 Å². The van der Waals surface area contributed by atoms with Crippen molar-refractivity contribution in [2.75, 3.05) is 6.54 Å². The Labute approximate surface area is 129 Å². The number of hydrogen-bond donors (Lipinski definition) is 1. The molecule has 0 spiro atoms. The molecule has 4 nitrogen and oxygen atoms in total. The van der Waals surface area contributed by atoms with Crippen molar-refractivity contribution in [2.45, 2.75) is 32.8 Å². The van der Waals surface area contributed by atoms with Gasteiger partial charge in [0, 0.05) is 24.1 Å². The monoisotopic (exact) mass is 307 g/mol. The molecule has 0 saturated carbocycles. The number of rotatable bonds is 3. The zero-order valence-electron chi connectivity index (χ0n) is 12.3. The lowest BCUT2D eigenvalue weighted by molar-refractivity contribution is 0.0529. The van der Waals surface area contributed by atoms with E-state index in [1.165, 1.54) is 0 Å². The Bertz CT molecular complexity index is 579. The van der Waals surface area contributed by atoms with Crippen LogP contribution < -0.4 is 5.32 Å². The van der Waals surface area contributed by atoms with Gasteiger partial charge in [0.05, 0.1) is 5.02 Å². The Morgan fingerprint density at radius 2 is 2.14 bits per heavy atom. The predicted molar refractivity (Wildman–Crippen MR) is 82.6 cm³/mol. The van der Waals surface area contributed by atoms with Crippen LogP contribution in [0.3, 0.4) is 0 Å². The van der Waals surface area contributed by atoms with Crippen molar-refractivity contribution in [3.8, 4) is 11.8 Å². The molecule has 0 aromatic heterocycles. The molecular formula is C16H18ClNO3. The van der Waals surface area contributed by atoms with Gasteiger partial charge in [-0.2, -0.15) is 0 Å². The second-order valence-electron chi connectivity index (χ2n) is 5.33. The first kappa shape index (κ1) is 17.1. The molecule has 1 N–H and O–H groups in total. The molecule has 1 rings (SSSR count). The first-order chi connectivity index (χ1) is 9.81. The van der Waals surface area contributed by atoms with Gasteiger partial charge in [0.15, 0.2) is 6.29 Å². The summed E-state index contributed by atoms with van der Waals surface area (Å²) in [6.45, 7) is 5.82. The zero-order valence-corrected chi connectivity index (χ0v) is 13.1. The SMILES string of the molecule is CC(C)(C)OC(=O)NCCC#Cc1ccc(C=O)c(Cl)c1. The van der Waals surface area contributed by atoms with Crippen LogP contribution in [0.4, 0.5) is 4.79 Å². The van der Waals surface area contributed by atoms with E-state index >= 15 is 0 Å². The van der Waals surface area contributed by atoms with Crippen molar-refractivity contribution in [3.63, 3.8) is 0 Å². The number of halogens is 1. The molecule has 0 atom stereocenters. The van der Waals surface area contributed by atoms with E-state index in [1.807, 2.05) is 0 Å². The maximum Gasteiger partial charge on any atom is 0.407 e. The van der Waals surface area contributed by atoms with Crippen molar-refractivity contribution in [1.82, 2.24) is 5.32 Å². The number of alkyl carbamates (subject to hydrolysis) is 1. The molecule has 5 heteroatoms. The van der Waals surface area contributed by atoms with Gasteiger partial charge in [-0.05, 0) is 39.0 Å². The maximum atomic E-state index is 11.4. The molecule has 0 bridgehead atoms. The third-order valence-electron chi connectivity index (χ3n) is 2.28. The summed E-state index contributed by atoms with van der Waals surface area (Å²) in [7, 11) is 0. The van der Waals surface area contributed by atoms with Crippen LogP contribution in [0, 0.1) is 11.8 Å². The van der Waals surface area contributed by atoms with Gasteiger partial charge in [-0.25, -0.2) is 4.79 Å². The molecule has 0 aliphatic carbocycles. The Balaban J connectivity index is 2.42. The molecule has 112 valence electrons. The quantitative estimate of drug-likeness (QED) is 0.529. The van der Waals surface area contributed by atoms with Crippen LogP contribution in [-0.2, 0) is 4.74 Å². The van der Waals surface area contributed by atoms with E-state index in [4.69, 9.17) is 16.3 Å². The lowest BCUT2D eigenvalue weighted by atomic mass is 10.1. The molecule has 0 radical (unpaired) electrons. The minimum Gasteiger partial charge on any atom is -0.444 e. The third kappa shape index (κ3) is 6.82. The van der Waals surface area contributed by atoms with Gasteiger partial charge in [-0.1, -0.05) is 23.4 Å². The number of carbonyl (C=O) groups excluding carboxylic acids is 2. The van der Waals surface area contributed by atoms with Gasteiger partial charge >= 0.3 is 6.09 Å². The number of ether oxygens (including phenoxy) is 1. The highest BCUT2D eigenvalue weighted by atomic mass is 35.5.